The Morgan fingerprint density at radius 1 is 0.909 bits per heavy atom. The van der Waals surface area contributed by atoms with Crippen LogP contribution >= 0.6 is 11.3 Å². The minimum atomic E-state index is 0.255. The second-order valence-corrected chi connectivity index (χ2v) is 8.81. The van der Waals surface area contributed by atoms with Crippen molar-refractivity contribution in [1.29, 1.82) is 0 Å². The van der Waals surface area contributed by atoms with Gasteiger partial charge in [0.2, 0.25) is 6.79 Å². The maximum absolute atomic E-state index is 5.63. The molecule has 0 bridgehead atoms. The van der Waals surface area contributed by atoms with Crippen molar-refractivity contribution < 1.29 is 9.47 Å². The van der Waals surface area contributed by atoms with Crippen LogP contribution in [-0.4, -0.2) is 28.3 Å². The first kappa shape index (κ1) is 19.7. The zero-order valence-electron chi connectivity index (χ0n) is 17.7. The highest BCUT2D eigenvalue weighted by Gasteiger charge is 2.20. The van der Waals surface area contributed by atoms with Gasteiger partial charge >= 0.3 is 0 Å². The molecule has 0 N–H and O–H groups in total. The van der Waals surface area contributed by atoms with Crippen molar-refractivity contribution in [1.82, 2.24) is 15.0 Å². The molecule has 0 spiro atoms. The van der Waals surface area contributed by atoms with Crippen molar-refractivity contribution >= 4 is 38.3 Å². The lowest BCUT2D eigenvalue weighted by molar-refractivity contribution is 0.0797. The molecule has 6 nitrogen and oxygen atoms in total. The number of anilines is 1. The van der Waals surface area contributed by atoms with Crippen LogP contribution in [0.15, 0.2) is 91.3 Å². The highest BCUT2D eigenvalue weighted by molar-refractivity contribution is 7.22. The van der Waals surface area contributed by atoms with Gasteiger partial charge in [-0.25, -0.2) is 9.97 Å². The molecule has 1 aliphatic rings. The minimum Gasteiger partial charge on any atom is -0.462 e. The summed E-state index contributed by atoms with van der Waals surface area (Å²) in [5.74, 6) is 1.66. The first-order valence-corrected chi connectivity index (χ1v) is 11.5. The summed E-state index contributed by atoms with van der Waals surface area (Å²) in [7, 11) is 0. The van der Waals surface area contributed by atoms with E-state index in [2.05, 4.69) is 57.3 Å². The van der Waals surface area contributed by atoms with E-state index >= 15 is 0 Å². The van der Waals surface area contributed by atoms with E-state index in [0.717, 1.165) is 43.1 Å². The fourth-order valence-corrected chi connectivity index (χ4v) is 5.21. The van der Waals surface area contributed by atoms with E-state index in [4.69, 9.17) is 14.5 Å². The molecular weight excluding hydrogens is 432 g/mol. The average Bonchev–Trinajstić information content (AvgIpc) is 3.54. The molecular formula is C26H20N4O2S. The highest BCUT2D eigenvalue weighted by atomic mass is 32.1. The molecule has 33 heavy (non-hydrogen) atoms. The summed E-state index contributed by atoms with van der Waals surface area (Å²) in [5.41, 5.74) is 4.21. The molecule has 6 rings (SSSR count). The first-order chi connectivity index (χ1) is 16.3. The number of hydrogen-bond acceptors (Lipinski definition) is 7. The second-order valence-electron chi connectivity index (χ2n) is 7.76. The third-order valence-corrected chi connectivity index (χ3v) is 6.73. The normalized spacial score (nSPS) is 13.0. The zero-order valence-corrected chi connectivity index (χ0v) is 18.5. The smallest absolute Gasteiger partial charge is 0.229 e. The molecule has 0 atom stereocenters. The Bertz CT molecular complexity index is 1460. The molecule has 7 heteroatoms. The number of hydrogen-bond donors (Lipinski definition) is 0. The molecule has 0 fully saturated rings. The maximum Gasteiger partial charge on any atom is 0.229 e. The quantitative estimate of drug-likeness (QED) is 0.327. The lowest BCUT2D eigenvalue weighted by atomic mass is 10.1. The van der Waals surface area contributed by atoms with Crippen molar-refractivity contribution in [2.45, 2.75) is 6.54 Å². The van der Waals surface area contributed by atoms with Crippen molar-refractivity contribution in [2.24, 2.45) is 0 Å². The second kappa shape index (κ2) is 8.52. The molecule has 0 saturated carbocycles. The standard InChI is InChI=1S/C26H20N4O2S/c1-2-6-18(7-3-1)13-30(14-20-15-31-17-32-20)26-25-22(28-16-29-26)12-23(33-25)21-10-4-8-19-9-5-11-27-24(19)21/h1-12,15-16H,13-14,17H2. The monoisotopic (exact) mass is 452 g/mol. The van der Waals surface area contributed by atoms with Gasteiger partial charge in [-0.1, -0.05) is 54.6 Å². The summed E-state index contributed by atoms with van der Waals surface area (Å²) in [6.07, 6.45) is 5.15. The Labute approximate surface area is 194 Å². The van der Waals surface area contributed by atoms with E-state index in [1.54, 1.807) is 23.9 Å². The van der Waals surface area contributed by atoms with Crippen molar-refractivity contribution in [3.63, 3.8) is 0 Å². The average molecular weight is 453 g/mol. The number of nitrogens with zero attached hydrogens (tertiary/aromatic N) is 4. The summed E-state index contributed by atoms with van der Waals surface area (Å²) in [6, 6.07) is 22.8. The van der Waals surface area contributed by atoms with Crippen LogP contribution in [0, 0.1) is 0 Å². The summed E-state index contributed by atoms with van der Waals surface area (Å²) < 4.78 is 12.0. The van der Waals surface area contributed by atoms with Gasteiger partial charge in [0.15, 0.2) is 11.6 Å². The molecule has 5 aromatic rings. The highest BCUT2D eigenvalue weighted by Crippen LogP contribution is 2.39. The third kappa shape index (κ3) is 3.87. The number of aromatic nitrogens is 3. The molecule has 0 aliphatic carbocycles. The lowest BCUT2D eigenvalue weighted by Crippen LogP contribution is -2.26. The summed E-state index contributed by atoms with van der Waals surface area (Å²) in [5, 5.41) is 1.12. The van der Waals surface area contributed by atoms with Gasteiger partial charge in [-0.05, 0) is 17.7 Å². The number of fused-ring (bicyclic) bond motifs is 2. The molecule has 0 amide bonds. The van der Waals surface area contributed by atoms with Crippen LogP contribution in [0.1, 0.15) is 5.56 Å². The van der Waals surface area contributed by atoms with Gasteiger partial charge in [-0.2, -0.15) is 0 Å². The summed E-state index contributed by atoms with van der Waals surface area (Å²) in [4.78, 5) is 17.2. The molecule has 162 valence electrons. The predicted octanol–water partition coefficient (Wildman–Crippen LogP) is 5.76. The Kier molecular flexibility index (Phi) is 5.08. The van der Waals surface area contributed by atoms with Crippen LogP contribution in [-0.2, 0) is 16.0 Å². The van der Waals surface area contributed by atoms with Gasteiger partial charge in [0.05, 0.1) is 22.3 Å². The van der Waals surface area contributed by atoms with E-state index in [1.807, 2.05) is 30.5 Å². The first-order valence-electron chi connectivity index (χ1n) is 10.7. The van der Waals surface area contributed by atoms with Gasteiger partial charge < -0.3 is 14.4 Å². The van der Waals surface area contributed by atoms with Crippen LogP contribution < -0.4 is 4.90 Å². The Hall–Kier alpha value is -3.97. The van der Waals surface area contributed by atoms with Crippen molar-refractivity contribution in [3.8, 4) is 10.4 Å². The topological polar surface area (TPSA) is 60.4 Å². The number of benzene rings is 2. The summed E-state index contributed by atoms with van der Waals surface area (Å²) in [6.45, 7) is 1.51. The molecule has 4 heterocycles. The predicted molar refractivity (Wildman–Crippen MR) is 131 cm³/mol. The molecule has 0 radical (unpaired) electrons. The molecule has 2 aromatic carbocycles. The Balaban J connectivity index is 1.45. The Morgan fingerprint density at radius 2 is 1.82 bits per heavy atom. The Morgan fingerprint density at radius 3 is 2.70 bits per heavy atom. The van der Waals surface area contributed by atoms with Crippen LogP contribution in [0.2, 0.25) is 0 Å². The third-order valence-electron chi connectivity index (χ3n) is 5.58. The van der Waals surface area contributed by atoms with Crippen molar-refractivity contribution in [2.75, 3.05) is 18.2 Å². The van der Waals surface area contributed by atoms with E-state index in [-0.39, 0.29) is 6.79 Å². The zero-order chi connectivity index (χ0) is 22.0. The molecule has 0 unspecified atom stereocenters. The number of ether oxygens (including phenoxy) is 2. The SMILES string of the molecule is C1=C(CN(Cc2ccccc2)c2ncnc3cc(-c4cccc5cccnc45)sc23)OCO1. The van der Waals surface area contributed by atoms with Crippen molar-refractivity contribution in [3.05, 3.63) is 96.8 Å². The van der Waals surface area contributed by atoms with Crippen LogP contribution in [0.3, 0.4) is 0 Å². The van der Waals surface area contributed by atoms with Crippen LogP contribution in [0.4, 0.5) is 5.82 Å². The maximum atomic E-state index is 5.63. The van der Waals surface area contributed by atoms with Crippen LogP contribution in [0.25, 0.3) is 31.6 Å². The van der Waals surface area contributed by atoms with Crippen LogP contribution in [0.5, 0.6) is 0 Å². The van der Waals surface area contributed by atoms with E-state index < -0.39 is 0 Å². The van der Waals surface area contributed by atoms with E-state index in [0.29, 0.717) is 13.1 Å². The largest absolute Gasteiger partial charge is 0.462 e. The molecule has 3 aromatic heterocycles. The van der Waals surface area contributed by atoms with E-state index in [9.17, 15) is 0 Å². The van der Waals surface area contributed by atoms with Gasteiger partial charge in [0.25, 0.3) is 0 Å². The lowest BCUT2D eigenvalue weighted by Gasteiger charge is -2.24. The minimum absolute atomic E-state index is 0.255. The summed E-state index contributed by atoms with van der Waals surface area (Å²) >= 11 is 1.69. The number of rotatable bonds is 6. The molecule has 1 aliphatic heterocycles. The number of para-hydroxylation sites is 1. The molecule has 0 saturated heterocycles. The fraction of sp³-hybridized carbons (Fsp3) is 0.115. The number of thiophene rings is 1. The van der Waals surface area contributed by atoms with Gasteiger partial charge in [0, 0.05) is 28.6 Å². The van der Waals surface area contributed by atoms with Gasteiger partial charge in [-0.3, -0.25) is 4.98 Å². The van der Waals surface area contributed by atoms with E-state index in [1.165, 1.54) is 5.56 Å². The van der Waals surface area contributed by atoms with Gasteiger partial charge in [0.1, 0.15) is 12.6 Å². The fourth-order valence-electron chi connectivity index (χ4n) is 4.05. The van der Waals surface area contributed by atoms with Gasteiger partial charge in [-0.15, -0.1) is 11.3 Å². The number of pyridine rings is 1.